The first-order valence-corrected chi connectivity index (χ1v) is 9.50. The molecule has 1 atom stereocenters. The number of rotatable bonds is 3. The Kier molecular flexibility index (Phi) is 4.77. The number of ether oxygens (including phenoxy) is 1. The summed E-state index contributed by atoms with van der Waals surface area (Å²) >= 11 is 1.42. The minimum absolute atomic E-state index is 0.0284. The highest BCUT2D eigenvalue weighted by Gasteiger charge is 2.29. The van der Waals surface area contributed by atoms with Gasteiger partial charge in [-0.2, -0.15) is 4.98 Å². The topological polar surface area (TPSA) is 135 Å². The molecule has 0 spiro atoms. The molecule has 11 nitrogen and oxygen atoms in total. The van der Waals surface area contributed by atoms with Crippen LogP contribution in [0.25, 0.3) is 10.3 Å². The maximum atomic E-state index is 12.6. The van der Waals surface area contributed by atoms with E-state index in [0.717, 1.165) is 10.3 Å². The summed E-state index contributed by atoms with van der Waals surface area (Å²) in [6, 6.07) is 3.08. The molecule has 1 aliphatic heterocycles. The molecule has 0 aliphatic carbocycles. The number of anilines is 3. The van der Waals surface area contributed by atoms with Crippen molar-refractivity contribution in [3.8, 4) is 5.88 Å². The fourth-order valence-electron chi connectivity index (χ4n) is 3.10. The van der Waals surface area contributed by atoms with Gasteiger partial charge < -0.3 is 20.3 Å². The number of fused-ring (bicyclic) bond motifs is 1. The molecule has 0 saturated carbocycles. The molecule has 1 fully saturated rings. The number of hydrogen-bond donors (Lipinski definition) is 2. The van der Waals surface area contributed by atoms with Gasteiger partial charge >= 0.3 is 6.03 Å². The summed E-state index contributed by atoms with van der Waals surface area (Å²) in [5, 5.41) is 10.5. The van der Waals surface area contributed by atoms with Crippen molar-refractivity contribution < 1.29 is 9.53 Å². The van der Waals surface area contributed by atoms with E-state index in [4.69, 9.17) is 10.5 Å². The van der Waals surface area contributed by atoms with E-state index in [1.54, 1.807) is 22.5 Å². The zero-order chi connectivity index (χ0) is 19.7. The van der Waals surface area contributed by atoms with Gasteiger partial charge in [0, 0.05) is 31.7 Å². The van der Waals surface area contributed by atoms with Gasteiger partial charge in [-0.15, -0.1) is 21.5 Å². The molecule has 3 N–H and O–H groups in total. The number of hydrogen-bond acceptors (Lipinski definition) is 10. The van der Waals surface area contributed by atoms with Crippen molar-refractivity contribution in [1.82, 2.24) is 30.0 Å². The van der Waals surface area contributed by atoms with Crippen molar-refractivity contribution in [1.29, 1.82) is 0 Å². The largest absolute Gasteiger partial charge is 0.480 e. The zero-order valence-corrected chi connectivity index (χ0v) is 16.2. The molecule has 0 aromatic carbocycles. The number of piperazine rings is 1. The van der Waals surface area contributed by atoms with Crippen LogP contribution < -0.4 is 20.7 Å². The predicted molar refractivity (Wildman–Crippen MR) is 106 cm³/mol. The monoisotopic (exact) mass is 401 g/mol. The second-order valence-electron chi connectivity index (χ2n) is 6.29. The van der Waals surface area contributed by atoms with Gasteiger partial charge in [-0.1, -0.05) is 0 Å². The Labute approximate surface area is 164 Å². The van der Waals surface area contributed by atoms with Crippen molar-refractivity contribution in [3.05, 3.63) is 17.6 Å². The summed E-state index contributed by atoms with van der Waals surface area (Å²) in [6.45, 7) is 3.68. The molecule has 2 amide bonds. The van der Waals surface area contributed by atoms with Gasteiger partial charge in [0.05, 0.1) is 12.6 Å². The van der Waals surface area contributed by atoms with Crippen LogP contribution in [0.5, 0.6) is 5.88 Å². The van der Waals surface area contributed by atoms with Crippen molar-refractivity contribution in [2.75, 3.05) is 42.7 Å². The molecule has 0 unspecified atom stereocenters. The van der Waals surface area contributed by atoms with Crippen molar-refractivity contribution in [2.24, 2.45) is 0 Å². The third-order valence-corrected chi connectivity index (χ3v) is 5.19. The second kappa shape index (κ2) is 7.38. The Balaban J connectivity index is 1.45. The number of methoxy groups -OCH3 is 1. The smallest absolute Gasteiger partial charge is 0.323 e. The van der Waals surface area contributed by atoms with E-state index in [2.05, 4.69) is 35.4 Å². The Morgan fingerprint density at radius 3 is 2.89 bits per heavy atom. The van der Waals surface area contributed by atoms with Gasteiger partial charge in [-0.25, -0.2) is 14.8 Å². The summed E-state index contributed by atoms with van der Waals surface area (Å²) in [4.78, 5) is 30.2. The van der Waals surface area contributed by atoms with Gasteiger partial charge in [-0.05, 0) is 13.0 Å². The fraction of sp³-hybridized carbons (Fsp3) is 0.375. The van der Waals surface area contributed by atoms with Crippen molar-refractivity contribution in [3.63, 3.8) is 0 Å². The molecule has 3 aromatic rings. The summed E-state index contributed by atoms with van der Waals surface area (Å²) in [6.07, 6.45) is 0. The zero-order valence-electron chi connectivity index (χ0n) is 15.4. The first-order chi connectivity index (χ1) is 13.5. The van der Waals surface area contributed by atoms with Gasteiger partial charge in [0.15, 0.2) is 16.5 Å². The third kappa shape index (κ3) is 3.45. The summed E-state index contributed by atoms with van der Waals surface area (Å²) in [5.41, 5.74) is 8.31. The van der Waals surface area contributed by atoms with E-state index in [-0.39, 0.29) is 18.0 Å². The lowest BCUT2D eigenvalue weighted by molar-refractivity contribution is 0.200. The van der Waals surface area contributed by atoms with E-state index in [9.17, 15) is 4.79 Å². The van der Waals surface area contributed by atoms with Gasteiger partial charge in [-0.3, -0.25) is 5.32 Å². The van der Waals surface area contributed by atoms with E-state index in [1.807, 2.05) is 6.92 Å². The molecule has 28 heavy (non-hydrogen) atoms. The molecule has 12 heteroatoms. The average molecular weight is 401 g/mol. The van der Waals surface area contributed by atoms with Gasteiger partial charge in [0.2, 0.25) is 11.8 Å². The SMILES string of the molecule is COc1ccc(NC(=O)N2CCN(c3nc(N)nc4scnc34)[C@@H](C)C2)nn1. The Bertz CT molecular complexity index is 993. The van der Waals surface area contributed by atoms with E-state index < -0.39 is 0 Å². The standard InChI is InChI=1S/C16H19N9O2S/c1-9-7-24(16(26)19-10-3-4-11(27-2)23-22-10)5-6-25(9)13-12-14(28-8-18-12)21-15(17)20-13/h3-4,8-9H,5-7H2,1-2H3,(H2,17,20,21)(H,19,22,26)/t9-/m0/s1. The number of nitrogen functional groups attached to an aromatic ring is 1. The summed E-state index contributed by atoms with van der Waals surface area (Å²) in [7, 11) is 1.51. The minimum atomic E-state index is -0.230. The molecular weight excluding hydrogens is 382 g/mol. The van der Waals surface area contributed by atoms with Crippen LogP contribution >= 0.6 is 11.3 Å². The summed E-state index contributed by atoms with van der Waals surface area (Å²) in [5.74, 6) is 1.68. The molecule has 0 bridgehead atoms. The average Bonchev–Trinajstić information content (AvgIpc) is 3.16. The highest BCUT2D eigenvalue weighted by atomic mass is 32.1. The second-order valence-corrected chi connectivity index (χ2v) is 7.12. The number of nitrogens with zero attached hydrogens (tertiary/aromatic N) is 7. The van der Waals surface area contributed by atoms with Crippen LogP contribution in [-0.4, -0.2) is 68.9 Å². The molecule has 1 aliphatic rings. The normalized spacial score (nSPS) is 17.0. The number of thiazole rings is 1. The van der Waals surface area contributed by atoms with Crippen LogP contribution in [0.1, 0.15) is 6.92 Å². The number of carbonyl (C=O) groups excluding carboxylic acids is 1. The maximum absolute atomic E-state index is 12.6. The first-order valence-electron chi connectivity index (χ1n) is 8.62. The number of amides is 2. The van der Waals surface area contributed by atoms with Crippen LogP contribution in [-0.2, 0) is 0 Å². The number of nitrogens with two attached hydrogens (primary N) is 1. The number of aromatic nitrogens is 5. The Morgan fingerprint density at radius 2 is 2.18 bits per heavy atom. The van der Waals surface area contributed by atoms with Crippen LogP contribution in [0.2, 0.25) is 0 Å². The number of urea groups is 1. The minimum Gasteiger partial charge on any atom is -0.480 e. The van der Waals surface area contributed by atoms with Gasteiger partial charge in [0.25, 0.3) is 0 Å². The highest BCUT2D eigenvalue weighted by molar-refractivity contribution is 7.16. The van der Waals surface area contributed by atoms with Crippen LogP contribution in [0.4, 0.5) is 22.4 Å². The highest BCUT2D eigenvalue weighted by Crippen LogP contribution is 2.28. The van der Waals surface area contributed by atoms with Crippen LogP contribution in [0.15, 0.2) is 17.6 Å². The molecular formula is C16H19N9O2S. The first kappa shape index (κ1) is 18.1. The van der Waals surface area contributed by atoms with Crippen molar-refractivity contribution in [2.45, 2.75) is 13.0 Å². The van der Waals surface area contributed by atoms with Crippen LogP contribution in [0, 0.1) is 0 Å². The number of nitrogens with one attached hydrogen (secondary N) is 1. The van der Waals surface area contributed by atoms with Gasteiger partial charge in [0.1, 0.15) is 5.52 Å². The third-order valence-electron chi connectivity index (χ3n) is 4.47. The molecule has 0 radical (unpaired) electrons. The molecule has 3 aromatic heterocycles. The molecule has 4 rings (SSSR count). The van der Waals surface area contributed by atoms with E-state index >= 15 is 0 Å². The summed E-state index contributed by atoms with van der Waals surface area (Å²) < 4.78 is 4.97. The fourth-order valence-corrected chi connectivity index (χ4v) is 3.76. The lowest BCUT2D eigenvalue weighted by Crippen LogP contribution is -2.55. The predicted octanol–water partition coefficient (Wildman–Crippen LogP) is 1.21. The lowest BCUT2D eigenvalue weighted by atomic mass is 10.2. The van der Waals surface area contributed by atoms with E-state index in [0.29, 0.717) is 37.1 Å². The van der Waals surface area contributed by atoms with E-state index in [1.165, 1.54) is 18.4 Å². The quantitative estimate of drug-likeness (QED) is 0.663. The molecule has 4 heterocycles. The van der Waals surface area contributed by atoms with Crippen molar-refractivity contribution >= 4 is 45.3 Å². The Hall–Kier alpha value is -3.28. The number of carbonyl (C=O) groups is 1. The maximum Gasteiger partial charge on any atom is 0.323 e. The lowest BCUT2D eigenvalue weighted by Gasteiger charge is -2.40. The molecule has 146 valence electrons. The molecule has 1 saturated heterocycles. The Morgan fingerprint density at radius 1 is 1.32 bits per heavy atom. The van der Waals surface area contributed by atoms with Crippen LogP contribution in [0.3, 0.4) is 0 Å².